The highest BCUT2D eigenvalue weighted by Crippen LogP contribution is 2.08. The smallest absolute Gasteiger partial charge is 0.220 e. The molecule has 1 saturated heterocycles. The van der Waals surface area contributed by atoms with Gasteiger partial charge in [-0.3, -0.25) is 9.59 Å². The van der Waals surface area contributed by atoms with E-state index in [-0.39, 0.29) is 11.9 Å². The van der Waals surface area contributed by atoms with Crippen molar-refractivity contribution in [2.24, 2.45) is 0 Å². The molecule has 0 spiro atoms. The Balaban J connectivity index is 1.97. The van der Waals surface area contributed by atoms with Crippen molar-refractivity contribution in [1.82, 2.24) is 20.3 Å². The molecule has 1 atom stereocenters. The number of carbonyl (C=O) groups excluding carboxylic acids is 2. The van der Waals surface area contributed by atoms with Crippen LogP contribution in [0, 0.1) is 0 Å². The van der Waals surface area contributed by atoms with E-state index in [1.807, 2.05) is 0 Å². The van der Waals surface area contributed by atoms with Crippen LogP contribution >= 0.6 is 0 Å². The van der Waals surface area contributed by atoms with Gasteiger partial charge in [0.1, 0.15) is 5.69 Å². The molecule has 1 N–H and O–H groups in total. The van der Waals surface area contributed by atoms with Gasteiger partial charge in [-0.2, -0.15) is 0 Å². The molecular formula is C8H10N4O2. The highest BCUT2D eigenvalue weighted by Gasteiger charge is 2.21. The molecule has 0 saturated carbocycles. The summed E-state index contributed by atoms with van der Waals surface area (Å²) in [4.78, 5) is 21.2. The minimum absolute atomic E-state index is 0.0747. The van der Waals surface area contributed by atoms with Crippen LogP contribution in [0.3, 0.4) is 0 Å². The monoisotopic (exact) mass is 194 g/mol. The van der Waals surface area contributed by atoms with E-state index in [2.05, 4.69) is 15.6 Å². The standard InChI is InChI=1S/C8H10N4O2/c13-5-7-4-12(11-10-7)3-6-1-2-8(14)9-6/h4-6H,1-3H2,(H,9,14). The molecule has 0 aliphatic carbocycles. The number of hydrogen-bond donors (Lipinski definition) is 1. The summed E-state index contributed by atoms with van der Waals surface area (Å²) in [5.41, 5.74) is 0.314. The van der Waals surface area contributed by atoms with Crippen LogP contribution in [0.25, 0.3) is 0 Å². The van der Waals surface area contributed by atoms with E-state index in [0.717, 1.165) is 6.42 Å². The van der Waals surface area contributed by atoms with Gasteiger partial charge in [0.25, 0.3) is 0 Å². The first kappa shape index (κ1) is 8.86. The van der Waals surface area contributed by atoms with Crippen molar-refractivity contribution in [2.75, 3.05) is 0 Å². The number of nitrogens with one attached hydrogen (secondary N) is 1. The second-order valence-corrected chi connectivity index (χ2v) is 3.29. The van der Waals surface area contributed by atoms with E-state index in [9.17, 15) is 9.59 Å². The Morgan fingerprint density at radius 1 is 1.71 bits per heavy atom. The molecule has 6 heteroatoms. The predicted molar refractivity (Wildman–Crippen MR) is 46.6 cm³/mol. The Bertz CT molecular complexity index is 360. The number of rotatable bonds is 3. The lowest BCUT2D eigenvalue weighted by Gasteiger charge is -2.07. The van der Waals surface area contributed by atoms with Crippen molar-refractivity contribution in [3.8, 4) is 0 Å². The van der Waals surface area contributed by atoms with E-state index in [0.29, 0.717) is 24.9 Å². The quantitative estimate of drug-likeness (QED) is 0.650. The third-order valence-corrected chi connectivity index (χ3v) is 2.17. The minimum atomic E-state index is 0.0747. The maximum atomic E-state index is 10.9. The molecule has 2 heterocycles. The SMILES string of the molecule is O=Cc1cn(CC2CCC(=O)N2)nn1. The van der Waals surface area contributed by atoms with E-state index < -0.39 is 0 Å². The molecule has 2 rings (SSSR count). The van der Waals surface area contributed by atoms with Gasteiger partial charge in [-0.05, 0) is 6.42 Å². The van der Waals surface area contributed by atoms with E-state index >= 15 is 0 Å². The van der Waals surface area contributed by atoms with Gasteiger partial charge in [0.15, 0.2) is 6.29 Å². The summed E-state index contributed by atoms with van der Waals surface area (Å²) in [6.07, 6.45) is 3.60. The third kappa shape index (κ3) is 1.78. The number of carbonyl (C=O) groups is 2. The van der Waals surface area contributed by atoms with E-state index in [4.69, 9.17) is 0 Å². The Hall–Kier alpha value is -1.72. The van der Waals surface area contributed by atoms with Crippen LogP contribution in [0.1, 0.15) is 23.3 Å². The Morgan fingerprint density at radius 3 is 3.14 bits per heavy atom. The first-order valence-corrected chi connectivity index (χ1v) is 4.42. The van der Waals surface area contributed by atoms with Gasteiger partial charge in [-0.1, -0.05) is 5.21 Å². The largest absolute Gasteiger partial charge is 0.351 e. The van der Waals surface area contributed by atoms with Crippen LogP contribution in [0.5, 0.6) is 0 Å². The van der Waals surface area contributed by atoms with Gasteiger partial charge in [-0.15, -0.1) is 5.10 Å². The van der Waals surface area contributed by atoms with Gasteiger partial charge >= 0.3 is 0 Å². The summed E-state index contributed by atoms with van der Waals surface area (Å²) < 4.78 is 1.57. The molecule has 1 aromatic heterocycles. The summed E-state index contributed by atoms with van der Waals surface area (Å²) in [5.74, 6) is 0.0747. The van der Waals surface area contributed by atoms with Gasteiger partial charge in [0, 0.05) is 12.5 Å². The van der Waals surface area contributed by atoms with Crippen molar-refractivity contribution < 1.29 is 9.59 Å². The molecule has 74 valence electrons. The molecule has 1 fully saturated rings. The van der Waals surface area contributed by atoms with Crippen LogP contribution in [0.15, 0.2) is 6.20 Å². The molecule has 0 bridgehead atoms. The second kappa shape index (κ2) is 3.57. The molecule has 14 heavy (non-hydrogen) atoms. The van der Waals surface area contributed by atoms with Crippen LogP contribution in [-0.4, -0.2) is 33.2 Å². The number of hydrogen-bond acceptors (Lipinski definition) is 4. The number of aromatic nitrogens is 3. The van der Waals surface area contributed by atoms with Gasteiger partial charge in [0.05, 0.1) is 12.7 Å². The van der Waals surface area contributed by atoms with Gasteiger partial charge in [-0.25, -0.2) is 4.68 Å². The van der Waals surface area contributed by atoms with Crippen molar-refractivity contribution >= 4 is 12.2 Å². The summed E-state index contributed by atoms with van der Waals surface area (Å²) in [6.45, 7) is 0.576. The molecule has 1 aromatic rings. The van der Waals surface area contributed by atoms with Crippen molar-refractivity contribution in [3.05, 3.63) is 11.9 Å². The molecule has 0 radical (unpaired) electrons. The summed E-state index contributed by atoms with van der Waals surface area (Å²) >= 11 is 0. The Labute approximate surface area is 80.3 Å². The lowest BCUT2D eigenvalue weighted by atomic mass is 10.2. The average molecular weight is 194 g/mol. The topological polar surface area (TPSA) is 76.9 Å². The molecule has 1 amide bonds. The third-order valence-electron chi connectivity index (χ3n) is 2.17. The first-order valence-electron chi connectivity index (χ1n) is 4.42. The van der Waals surface area contributed by atoms with E-state index in [1.54, 1.807) is 10.9 Å². The van der Waals surface area contributed by atoms with Crippen LogP contribution < -0.4 is 5.32 Å². The van der Waals surface area contributed by atoms with Crippen LogP contribution in [0.4, 0.5) is 0 Å². The maximum absolute atomic E-state index is 10.9. The average Bonchev–Trinajstić information content (AvgIpc) is 2.76. The first-order chi connectivity index (χ1) is 6.78. The Morgan fingerprint density at radius 2 is 2.57 bits per heavy atom. The number of amides is 1. The lowest BCUT2D eigenvalue weighted by Crippen LogP contribution is -2.29. The molecule has 1 unspecified atom stereocenters. The summed E-state index contributed by atoms with van der Waals surface area (Å²) in [5, 5.41) is 10.2. The zero-order valence-electron chi connectivity index (χ0n) is 7.51. The fourth-order valence-electron chi connectivity index (χ4n) is 1.50. The molecule has 0 aromatic carbocycles. The van der Waals surface area contributed by atoms with Gasteiger partial charge in [0.2, 0.25) is 5.91 Å². The highest BCUT2D eigenvalue weighted by atomic mass is 16.2. The fourth-order valence-corrected chi connectivity index (χ4v) is 1.50. The van der Waals surface area contributed by atoms with E-state index in [1.165, 1.54) is 0 Å². The number of aldehydes is 1. The van der Waals surface area contributed by atoms with Crippen molar-refractivity contribution in [1.29, 1.82) is 0 Å². The predicted octanol–water partition coefficient (Wildman–Crippen LogP) is -0.631. The fraction of sp³-hybridized carbons (Fsp3) is 0.500. The zero-order chi connectivity index (χ0) is 9.97. The second-order valence-electron chi connectivity index (χ2n) is 3.29. The Kier molecular flexibility index (Phi) is 2.26. The lowest BCUT2D eigenvalue weighted by molar-refractivity contribution is -0.119. The zero-order valence-corrected chi connectivity index (χ0v) is 7.51. The van der Waals surface area contributed by atoms with Crippen LogP contribution in [-0.2, 0) is 11.3 Å². The normalized spacial score (nSPS) is 20.9. The maximum Gasteiger partial charge on any atom is 0.220 e. The summed E-state index contributed by atoms with van der Waals surface area (Å²) in [7, 11) is 0. The van der Waals surface area contributed by atoms with Crippen molar-refractivity contribution in [2.45, 2.75) is 25.4 Å². The molecule has 6 nitrogen and oxygen atoms in total. The molecular weight excluding hydrogens is 184 g/mol. The molecule has 1 aliphatic heterocycles. The number of nitrogens with zero attached hydrogens (tertiary/aromatic N) is 3. The molecule has 1 aliphatic rings. The summed E-state index contributed by atoms with van der Waals surface area (Å²) in [6, 6.07) is 0.115. The highest BCUT2D eigenvalue weighted by molar-refractivity contribution is 5.78. The van der Waals surface area contributed by atoms with Crippen LogP contribution in [0.2, 0.25) is 0 Å². The van der Waals surface area contributed by atoms with Crippen molar-refractivity contribution in [3.63, 3.8) is 0 Å². The van der Waals surface area contributed by atoms with Gasteiger partial charge < -0.3 is 5.32 Å². The minimum Gasteiger partial charge on any atom is -0.351 e.